The molecule has 0 unspecified atom stereocenters. The molecule has 1 N–H and O–H groups in total. The highest BCUT2D eigenvalue weighted by atomic mass is 19.1. The van der Waals surface area contributed by atoms with Crippen molar-refractivity contribution in [1.29, 1.82) is 0 Å². The molecule has 1 aliphatic heterocycles. The fraction of sp³-hybridized carbons (Fsp3) is 0.167. The van der Waals surface area contributed by atoms with Gasteiger partial charge in [0.15, 0.2) is 0 Å². The highest BCUT2D eigenvalue weighted by molar-refractivity contribution is 6.51. The quantitative estimate of drug-likeness (QED) is 0.612. The summed E-state index contributed by atoms with van der Waals surface area (Å²) in [5.74, 6) is 0.349. The summed E-state index contributed by atoms with van der Waals surface area (Å²) in [5.41, 5.74) is 0.627. The Morgan fingerprint density at radius 1 is 1.47 bits per heavy atom. The van der Waals surface area contributed by atoms with Crippen LogP contribution >= 0.6 is 0 Å². The number of ketones is 1. The maximum atomic E-state index is 13.7. The van der Waals surface area contributed by atoms with E-state index < -0.39 is 17.5 Å². The summed E-state index contributed by atoms with van der Waals surface area (Å²) in [6.07, 6.45) is 5.14. The van der Waals surface area contributed by atoms with Gasteiger partial charge in [-0.15, -0.1) is 6.42 Å². The Morgan fingerprint density at radius 2 is 2.18 bits per heavy atom. The fourth-order valence-corrected chi connectivity index (χ4v) is 1.67. The van der Waals surface area contributed by atoms with Crippen LogP contribution in [0.1, 0.15) is 10.4 Å². The molecule has 0 atom stereocenters. The van der Waals surface area contributed by atoms with Crippen LogP contribution in [0.4, 0.5) is 15.8 Å². The zero-order valence-corrected chi connectivity index (χ0v) is 9.08. The van der Waals surface area contributed by atoms with Gasteiger partial charge < -0.3 is 10.2 Å². The number of hydrogen-bond acceptors (Lipinski definition) is 3. The van der Waals surface area contributed by atoms with E-state index in [1.165, 1.54) is 11.0 Å². The average molecular weight is 232 g/mol. The molecule has 2 rings (SSSR count). The second-order valence-corrected chi connectivity index (χ2v) is 3.69. The standard InChI is InChI=1S/C12H9FN2O2/c1-3-4-15(2)10-6-9-7(5-8(10)13)11(16)12(17)14-9/h1,5-6H,4H2,2H3,(H,14,16,17). The minimum atomic E-state index is -0.740. The van der Waals surface area contributed by atoms with Crippen molar-refractivity contribution < 1.29 is 14.0 Å². The molecule has 0 bridgehead atoms. The molecular weight excluding hydrogens is 223 g/mol. The first-order valence-corrected chi connectivity index (χ1v) is 4.88. The van der Waals surface area contributed by atoms with E-state index >= 15 is 0 Å². The molecule has 0 radical (unpaired) electrons. The largest absolute Gasteiger partial charge is 0.361 e. The number of terminal acetylenes is 1. The topological polar surface area (TPSA) is 49.4 Å². The van der Waals surface area contributed by atoms with Crippen LogP contribution in [0, 0.1) is 18.2 Å². The van der Waals surface area contributed by atoms with Crippen molar-refractivity contribution in [3.8, 4) is 12.3 Å². The number of carbonyl (C=O) groups excluding carboxylic acids is 2. The van der Waals surface area contributed by atoms with Crippen molar-refractivity contribution in [2.45, 2.75) is 0 Å². The van der Waals surface area contributed by atoms with Crippen LogP contribution in [-0.2, 0) is 4.79 Å². The number of Topliss-reactive ketones (excluding diaryl/α,β-unsaturated/α-hetero) is 1. The van der Waals surface area contributed by atoms with E-state index in [1.807, 2.05) is 0 Å². The lowest BCUT2D eigenvalue weighted by atomic mass is 10.1. The predicted octanol–water partition coefficient (Wildman–Crippen LogP) is 1.03. The summed E-state index contributed by atoms with van der Waals surface area (Å²) in [7, 11) is 1.63. The van der Waals surface area contributed by atoms with Crippen molar-refractivity contribution >= 4 is 23.1 Å². The Morgan fingerprint density at radius 3 is 2.82 bits per heavy atom. The maximum Gasteiger partial charge on any atom is 0.296 e. The van der Waals surface area contributed by atoms with Crippen LogP contribution in [0.25, 0.3) is 0 Å². The van der Waals surface area contributed by atoms with Crippen molar-refractivity contribution in [2.24, 2.45) is 0 Å². The third kappa shape index (κ3) is 1.74. The second-order valence-electron chi connectivity index (χ2n) is 3.69. The highest BCUT2D eigenvalue weighted by Crippen LogP contribution is 2.30. The molecule has 0 fully saturated rings. The first kappa shape index (κ1) is 11.1. The second kappa shape index (κ2) is 3.91. The number of nitrogens with zero attached hydrogens (tertiary/aromatic N) is 1. The molecule has 1 aromatic rings. The molecule has 17 heavy (non-hydrogen) atoms. The summed E-state index contributed by atoms with van der Waals surface area (Å²) in [5, 5.41) is 2.38. The lowest BCUT2D eigenvalue weighted by molar-refractivity contribution is -0.112. The van der Waals surface area contributed by atoms with E-state index in [1.54, 1.807) is 7.05 Å². The maximum absolute atomic E-state index is 13.7. The monoisotopic (exact) mass is 232 g/mol. The van der Waals surface area contributed by atoms with E-state index in [9.17, 15) is 14.0 Å². The number of anilines is 2. The molecule has 0 saturated heterocycles. The summed E-state index contributed by atoms with van der Waals surface area (Å²) < 4.78 is 13.7. The molecule has 0 spiro atoms. The zero-order chi connectivity index (χ0) is 12.6. The van der Waals surface area contributed by atoms with Crippen molar-refractivity contribution in [3.63, 3.8) is 0 Å². The van der Waals surface area contributed by atoms with Crippen LogP contribution in [-0.4, -0.2) is 25.3 Å². The summed E-state index contributed by atoms with van der Waals surface area (Å²) in [4.78, 5) is 24.0. The number of rotatable bonds is 2. The number of fused-ring (bicyclic) bond motifs is 1. The van der Waals surface area contributed by atoms with Crippen molar-refractivity contribution in [1.82, 2.24) is 0 Å². The Bertz CT molecular complexity index is 560. The van der Waals surface area contributed by atoms with Crippen LogP contribution in [0.5, 0.6) is 0 Å². The van der Waals surface area contributed by atoms with Gasteiger partial charge in [-0.25, -0.2) is 4.39 Å². The van der Waals surface area contributed by atoms with E-state index in [0.29, 0.717) is 5.69 Å². The normalized spacial score (nSPS) is 13.0. The first-order valence-electron chi connectivity index (χ1n) is 4.88. The summed E-state index contributed by atoms with van der Waals surface area (Å²) in [6, 6.07) is 2.46. The first-order chi connectivity index (χ1) is 8.04. The van der Waals surface area contributed by atoms with Crippen LogP contribution in [0.3, 0.4) is 0 Å². The minimum absolute atomic E-state index is 0.0605. The van der Waals surface area contributed by atoms with Gasteiger partial charge in [0.25, 0.3) is 11.7 Å². The van der Waals surface area contributed by atoms with Gasteiger partial charge in [-0.3, -0.25) is 9.59 Å². The third-order valence-corrected chi connectivity index (χ3v) is 2.53. The fourth-order valence-electron chi connectivity index (χ4n) is 1.67. The number of nitrogens with one attached hydrogen (secondary N) is 1. The Kier molecular flexibility index (Phi) is 2.56. The third-order valence-electron chi connectivity index (χ3n) is 2.53. The Balaban J connectivity index is 2.47. The van der Waals surface area contributed by atoms with Crippen molar-refractivity contribution in [3.05, 3.63) is 23.5 Å². The molecular formula is C12H9FN2O2. The Labute approximate surface area is 97.4 Å². The van der Waals surface area contributed by atoms with E-state index in [0.717, 1.165) is 6.07 Å². The van der Waals surface area contributed by atoms with Gasteiger partial charge in [0.05, 0.1) is 23.5 Å². The van der Waals surface area contributed by atoms with Crippen molar-refractivity contribution in [2.75, 3.05) is 23.8 Å². The molecule has 0 saturated carbocycles. The van der Waals surface area contributed by atoms with E-state index in [4.69, 9.17) is 6.42 Å². The molecule has 1 heterocycles. The van der Waals surface area contributed by atoms with E-state index in [2.05, 4.69) is 11.2 Å². The average Bonchev–Trinajstić information content (AvgIpc) is 2.55. The number of amides is 1. The SMILES string of the molecule is C#CCN(C)c1cc2c(cc1F)C(=O)C(=O)N2. The molecule has 1 aromatic carbocycles. The van der Waals surface area contributed by atoms with Gasteiger partial charge in [-0.1, -0.05) is 5.92 Å². The Hall–Kier alpha value is -2.35. The number of hydrogen-bond donors (Lipinski definition) is 1. The minimum Gasteiger partial charge on any atom is -0.361 e. The predicted molar refractivity (Wildman–Crippen MR) is 61.5 cm³/mol. The van der Waals surface area contributed by atoms with Gasteiger partial charge in [0, 0.05) is 7.05 Å². The molecule has 86 valence electrons. The van der Waals surface area contributed by atoms with E-state index in [-0.39, 0.29) is 17.8 Å². The molecule has 5 heteroatoms. The van der Waals surface area contributed by atoms with Crippen LogP contribution in [0.15, 0.2) is 12.1 Å². The van der Waals surface area contributed by atoms with Gasteiger partial charge in [-0.05, 0) is 12.1 Å². The molecule has 1 aliphatic rings. The molecule has 0 aromatic heterocycles. The van der Waals surface area contributed by atoms with Gasteiger partial charge in [0.1, 0.15) is 5.82 Å². The van der Waals surface area contributed by atoms with Gasteiger partial charge >= 0.3 is 0 Å². The van der Waals surface area contributed by atoms with Gasteiger partial charge in [-0.2, -0.15) is 0 Å². The zero-order valence-electron chi connectivity index (χ0n) is 9.08. The smallest absolute Gasteiger partial charge is 0.296 e. The molecule has 1 amide bonds. The lowest BCUT2D eigenvalue weighted by Gasteiger charge is -2.17. The molecule has 0 aliphatic carbocycles. The highest BCUT2D eigenvalue weighted by Gasteiger charge is 2.29. The summed E-state index contributed by atoms with van der Waals surface area (Å²) in [6.45, 7) is 0.234. The number of carbonyl (C=O) groups is 2. The van der Waals surface area contributed by atoms with Gasteiger partial charge in [0.2, 0.25) is 0 Å². The summed E-state index contributed by atoms with van der Waals surface area (Å²) >= 11 is 0. The molecule has 4 nitrogen and oxygen atoms in total. The lowest BCUT2D eigenvalue weighted by Crippen LogP contribution is -2.18. The van der Waals surface area contributed by atoms with Crippen LogP contribution < -0.4 is 10.2 Å². The number of benzene rings is 1. The number of halogens is 1. The van der Waals surface area contributed by atoms with Crippen LogP contribution in [0.2, 0.25) is 0 Å².